The Morgan fingerprint density at radius 2 is 1.79 bits per heavy atom. The summed E-state index contributed by atoms with van der Waals surface area (Å²) >= 11 is 3.03. The molecule has 0 spiro atoms. The lowest BCUT2D eigenvalue weighted by Gasteiger charge is -2.34. The van der Waals surface area contributed by atoms with E-state index in [4.69, 9.17) is 0 Å². The second kappa shape index (κ2) is 6.41. The molecule has 0 N–H and O–H groups in total. The van der Waals surface area contributed by atoms with E-state index < -0.39 is 11.7 Å². The third-order valence-corrected chi connectivity index (χ3v) is 3.38. The molecule has 1 aromatic rings. The normalized spacial score (nSPS) is 17.2. The molecule has 0 atom stereocenters. The van der Waals surface area contributed by atoms with E-state index in [1.54, 1.807) is 4.90 Å². The van der Waals surface area contributed by atoms with Crippen molar-refractivity contribution in [3.05, 3.63) is 22.3 Å². The van der Waals surface area contributed by atoms with Crippen LogP contribution in [0.25, 0.3) is 0 Å². The number of alkyl halides is 3. The van der Waals surface area contributed by atoms with Crippen LogP contribution in [0.5, 0.6) is 0 Å². The van der Waals surface area contributed by atoms with Crippen molar-refractivity contribution < 1.29 is 13.2 Å². The van der Waals surface area contributed by atoms with Gasteiger partial charge in [0.15, 0.2) is 0 Å². The highest BCUT2D eigenvalue weighted by Crippen LogP contribution is 2.37. The average Bonchev–Trinajstić information content (AvgIpc) is 2.29. The second-order valence-electron chi connectivity index (χ2n) is 4.31. The number of likely N-dealkylation sites (N-methyl/N-ethyl adjacent to an activating group) is 1. The number of piperazine rings is 1. The van der Waals surface area contributed by atoms with Crippen molar-refractivity contribution in [3.63, 3.8) is 0 Å². The molecule has 1 fully saturated rings. The summed E-state index contributed by atoms with van der Waals surface area (Å²) in [5, 5.41) is 0. The maximum Gasteiger partial charge on any atom is 0.419 e. The monoisotopic (exact) mass is 403 g/mol. The fourth-order valence-corrected chi connectivity index (χ4v) is 2.24. The van der Waals surface area contributed by atoms with E-state index in [2.05, 4.69) is 25.8 Å². The van der Waals surface area contributed by atoms with Gasteiger partial charge in [-0.1, -0.05) is 0 Å². The van der Waals surface area contributed by atoms with Crippen molar-refractivity contribution >= 4 is 38.7 Å². The quantitative estimate of drug-likeness (QED) is 0.716. The Morgan fingerprint density at radius 1 is 1.21 bits per heavy atom. The number of hydrogen-bond donors (Lipinski definition) is 0. The molecule has 0 amide bonds. The summed E-state index contributed by atoms with van der Waals surface area (Å²) in [4.78, 5) is 7.71. The third-order valence-electron chi connectivity index (χ3n) is 2.94. The Morgan fingerprint density at radius 3 is 2.32 bits per heavy atom. The lowest BCUT2D eigenvalue weighted by Crippen LogP contribution is -2.45. The number of hydrogen-bond acceptors (Lipinski definition) is 3. The van der Waals surface area contributed by atoms with E-state index in [0.717, 1.165) is 19.2 Å². The standard InChI is InChI=1S/C11H13BrF3N3.BrH/c1-17-2-4-18(5-3-17)10-9(11(13,14)15)6-8(12)7-16-10;/h6-7H,2-5H2,1H3;1H. The van der Waals surface area contributed by atoms with Crippen molar-refractivity contribution in [2.24, 2.45) is 0 Å². The Hall–Kier alpha value is -0.340. The van der Waals surface area contributed by atoms with Crippen LogP contribution in [0.4, 0.5) is 19.0 Å². The molecule has 0 radical (unpaired) electrons. The summed E-state index contributed by atoms with van der Waals surface area (Å²) in [7, 11) is 1.96. The van der Waals surface area contributed by atoms with Crippen LogP contribution in [0.3, 0.4) is 0 Å². The summed E-state index contributed by atoms with van der Waals surface area (Å²) in [6.45, 7) is 2.62. The van der Waals surface area contributed by atoms with Gasteiger partial charge in [0, 0.05) is 36.8 Å². The fourth-order valence-electron chi connectivity index (χ4n) is 1.91. The van der Waals surface area contributed by atoms with Gasteiger partial charge in [-0.3, -0.25) is 0 Å². The van der Waals surface area contributed by atoms with Gasteiger partial charge < -0.3 is 9.80 Å². The van der Waals surface area contributed by atoms with Crippen LogP contribution >= 0.6 is 32.9 Å². The highest BCUT2D eigenvalue weighted by atomic mass is 79.9. The van der Waals surface area contributed by atoms with Gasteiger partial charge in [0.05, 0.1) is 5.56 Å². The molecule has 0 unspecified atom stereocenters. The minimum atomic E-state index is -4.38. The van der Waals surface area contributed by atoms with E-state index in [1.807, 2.05) is 7.05 Å². The Kier molecular flexibility index (Phi) is 5.64. The molecule has 0 bridgehead atoms. The molecule has 1 aliphatic rings. The molecular weight excluding hydrogens is 391 g/mol. The van der Waals surface area contributed by atoms with Crippen LogP contribution in [-0.2, 0) is 6.18 Å². The van der Waals surface area contributed by atoms with Gasteiger partial charge in [0.2, 0.25) is 0 Å². The van der Waals surface area contributed by atoms with Crippen molar-refractivity contribution in [1.82, 2.24) is 9.88 Å². The van der Waals surface area contributed by atoms with Gasteiger partial charge in [-0.2, -0.15) is 13.2 Å². The molecule has 3 nitrogen and oxygen atoms in total. The first kappa shape index (κ1) is 16.7. The summed E-state index contributed by atoms with van der Waals surface area (Å²) in [6.07, 6.45) is -2.97. The largest absolute Gasteiger partial charge is 0.419 e. The predicted octanol–water partition coefficient (Wildman–Crippen LogP) is 3.19. The molecule has 0 aromatic carbocycles. The van der Waals surface area contributed by atoms with Crippen molar-refractivity contribution in [1.29, 1.82) is 0 Å². The number of pyridine rings is 1. The highest BCUT2D eigenvalue weighted by molar-refractivity contribution is 9.10. The minimum absolute atomic E-state index is 0. The lowest BCUT2D eigenvalue weighted by atomic mass is 10.2. The number of halogens is 5. The second-order valence-corrected chi connectivity index (χ2v) is 5.23. The number of aromatic nitrogens is 1. The molecule has 0 aliphatic carbocycles. The summed E-state index contributed by atoms with van der Waals surface area (Å²) < 4.78 is 39.2. The third kappa shape index (κ3) is 4.06. The first-order valence-corrected chi connectivity index (χ1v) is 6.33. The van der Waals surface area contributed by atoms with Crippen LogP contribution in [0.2, 0.25) is 0 Å². The Balaban J connectivity index is 0.00000180. The molecule has 1 saturated heterocycles. The van der Waals surface area contributed by atoms with Crippen LogP contribution in [0.1, 0.15) is 5.56 Å². The van der Waals surface area contributed by atoms with E-state index >= 15 is 0 Å². The van der Waals surface area contributed by atoms with Gasteiger partial charge in [-0.15, -0.1) is 17.0 Å². The predicted molar refractivity (Wildman–Crippen MR) is 77.0 cm³/mol. The minimum Gasteiger partial charge on any atom is -0.354 e. The van der Waals surface area contributed by atoms with Gasteiger partial charge >= 0.3 is 6.18 Å². The first-order chi connectivity index (χ1) is 8.38. The van der Waals surface area contributed by atoms with Crippen molar-refractivity contribution in [2.45, 2.75) is 6.18 Å². The SMILES string of the molecule is Br.CN1CCN(c2ncc(Br)cc2C(F)(F)F)CC1. The van der Waals surface area contributed by atoms with Crippen LogP contribution < -0.4 is 4.90 Å². The van der Waals surface area contributed by atoms with Crippen LogP contribution in [0, 0.1) is 0 Å². The molecule has 0 saturated carbocycles. The fraction of sp³-hybridized carbons (Fsp3) is 0.545. The molecule has 8 heteroatoms. The van der Waals surface area contributed by atoms with Crippen LogP contribution in [-0.4, -0.2) is 43.1 Å². The van der Waals surface area contributed by atoms with E-state index in [0.29, 0.717) is 17.6 Å². The Labute approximate surface area is 128 Å². The van der Waals surface area contributed by atoms with E-state index in [-0.39, 0.29) is 22.8 Å². The van der Waals surface area contributed by atoms with Gasteiger partial charge in [0.25, 0.3) is 0 Å². The zero-order chi connectivity index (χ0) is 13.3. The summed E-state index contributed by atoms with van der Waals surface area (Å²) in [5.74, 6) is 0.0267. The molecule has 108 valence electrons. The number of nitrogens with zero attached hydrogens (tertiary/aromatic N) is 3. The van der Waals surface area contributed by atoms with E-state index in [9.17, 15) is 13.2 Å². The van der Waals surface area contributed by atoms with Crippen LogP contribution in [0.15, 0.2) is 16.7 Å². The topological polar surface area (TPSA) is 19.4 Å². The molecule has 1 aromatic heterocycles. The lowest BCUT2D eigenvalue weighted by molar-refractivity contribution is -0.137. The molecule has 19 heavy (non-hydrogen) atoms. The zero-order valence-corrected chi connectivity index (χ0v) is 13.5. The van der Waals surface area contributed by atoms with E-state index in [1.165, 1.54) is 6.20 Å². The van der Waals surface area contributed by atoms with Crippen molar-refractivity contribution in [3.8, 4) is 0 Å². The number of anilines is 1. The highest BCUT2D eigenvalue weighted by Gasteiger charge is 2.36. The smallest absolute Gasteiger partial charge is 0.354 e. The molecular formula is C11H14Br2F3N3. The van der Waals surface area contributed by atoms with Crippen molar-refractivity contribution in [2.75, 3.05) is 38.1 Å². The van der Waals surface area contributed by atoms with Gasteiger partial charge in [-0.05, 0) is 29.0 Å². The summed E-state index contributed by atoms with van der Waals surface area (Å²) in [5.41, 5.74) is -0.679. The average molecular weight is 405 g/mol. The van der Waals surface area contributed by atoms with Gasteiger partial charge in [0.1, 0.15) is 5.82 Å². The molecule has 2 heterocycles. The first-order valence-electron chi connectivity index (χ1n) is 5.54. The maximum absolute atomic E-state index is 13.0. The summed E-state index contributed by atoms with van der Waals surface area (Å²) in [6, 6.07) is 1.08. The Bertz CT molecular complexity index is 432. The molecule has 1 aliphatic heterocycles. The zero-order valence-electron chi connectivity index (χ0n) is 10.2. The number of rotatable bonds is 1. The maximum atomic E-state index is 13.0. The molecule has 2 rings (SSSR count). The van der Waals surface area contributed by atoms with Gasteiger partial charge in [-0.25, -0.2) is 4.98 Å².